The Hall–Kier alpha value is -3.27. The summed E-state index contributed by atoms with van der Waals surface area (Å²) in [6.07, 6.45) is 3.92. The largest absolute Gasteiger partial charge is 0.352 e. The Bertz CT molecular complexity index is 1870. The molecule has 1 saturated carbocycles. The van der Waals surface area contributed by atoms with Crippen LogP contribution >= 0.6 is 46.4 Å². The fourth-order valence-electron chi connectivity index (χ4n) is 5.76. The van der Waals surface area contributed by atoms with Crippen molar-refractivity contribution in [3.63, 3.8) is 0 Å². The molecule has 4 aromatic carbocycles. The first-order chi connectivity index (χ1) is 22.9. The molecule has 2 amide bonds. The number of anilines is 1. The highest BCUT2D eigenvalue weighted by molar-refractivity contribution is 7.92. The quantitative estimate of drug-likeness (QED) is 0.158. The molecule has 1 aliphatic carbocycles. The zero-order chi connectivity index (χ0) is 34.4. The second kappa shape index (κ2) is 16.0. The van der Waals surface area contributed by atoms with E-state index in [-0.39, 0.29) is 50.6 Å². The first-order valence-corrected chi connectivity index (χ1v) is 18.5. The number of nitrogens with one attached hydrogen (secondary N) is 1. The first kappa shape index (κ1) is 36.0. The van der Waals surface area contributed by atoms with Crippen LogP contribution in [0.4, 0.5) is 5.69 Å². The van der Waals surface area contributed by atoms with Gasteiger partial charge >= 0.3 is 0 Å². The van der Waals surface area contributed by atoms with E-state index < -0.39 is 28.5 Å². The molecule has 7 nitrogen and oxygen atoms in total. The van der Waals surface area contributed by atoms with E-state index in [0.29, 0.717) is 10.6 Å². The third-order valence-electron chi connectivity index (χ3n) is 8.39. The lowest BCUT2D eigenvalue weighted by molar-refractivity contribution is -0.140. The van der Waals surface area contributed by atoms with Crippen molar-refractivity contribution in [2.75, 3.05) is 10.8 Å². The molecule has 0 saturated heterocycles. The van der Waals surface area contributed by atoms with Crippen LogP contribution in [-0.2, 0) is 32.6 Å². The summed E-state index contributed by atoms with van der Waals surface area (Å²) in [6.45, 7) is 1.18. The Labute approximate surface area is 301 Å². The van der Waals surface area contributed by atoms with Gasteiger partial charge in [-0.25, -0.2) is 8.42 Å². The molecule has 12 heteroatoms. The van der Waals surface area contributed by atoms with Gasteiger partial charge in [0.1, 0.15) is 12.6 Å². The molecule has 252 valence electrons. The van der Waals surface area contributed by atoms with Crippen LogP contribution in [0.3, 0.4) is 0 Å². The molecule has 1 atom stereocenters. The van der Waals surface area contributed by atoms with Gasteiger partial charge in [0.25, 0.3) is 10.0 Å². The molecule has 1 unspecified atom stereocenters. The molecule has 0 bridgehead atoms. The van der Waals surface area contributed by atoms with Crippen LogP contribution in [0.15, 0.2) is 95.9 Å². The van der Waals surface area contributed by atoms with E-state index in [2.05, 4.69) is 5.32 Å². The minimum absolute atomic E-state index is 0.00711. The smallest absolute Gasteiger partial charge is 0.264 e. The SMILES string of the molecule is Cc1ccc(S(=O)(=O)N(CC(=O)N(Cc2ccc(Cl)c(Cl)c2)C(Cc2ccccc2)C(=O)NC2CCCC2)c2ccc(Cl)c(Cl)c2)cc1. The summed E-state index contributed by atoms with van der Waals surface area (Å²) in [5.74, 6) is -0.924. The Balaban J connectivity index is 1.59. The lowest BCUT2D eigenvalue weighted by Gasteiger charge is -2.34. The third kappa shape index (κ3) is 8.84. The van der Waals surface area contributed by atoms with E-state index in [9.17, 15) is 18.0 Å². The third-order valence-corrected chi connectivity index (χ3v) is 11.7. The topological polar surface area (TPSA) is 86.8 Å². The van der Waals surface area contributed by atoms with Gasteiger partial charge in [-0.15, -0.1) is 0 Å². The van der Waals surface area contributed by atoms with Crippen molar-refractivity contribution in [2.24, 2.45) is 0 Å². The van der Waals surface area contributed by atoms with Crippen LogP contribution in [-0.4, -0.2) is 43.8 Å². The zero-order valence-corrected chi connectivity index (χ0v) is 30.1. The van der Waals surface area contributed by atoms with E-state index >= 15 is 0 Å². The van der Waals surface area contributed by atoms with Gasteiger partial charge < -0.3 is 10.2 Å². The maximum atomic E-state index is 14.7. The van der Waals surface area contributed by atoms with Gasteiger partial charge in [0, 0.05) is 19.0 Å². The highest BCUT2D eigenvalue weighted by Gasteiger charge is 2.35. The van der Waals surface area contributed by atoms with Gasteiger partial charge in [0.15, 0.2) is 0 Å². The summed E-state index contributed by atoms with van der Waals surface area (Å²) in [4.78, 5) is 30.2. The first-order valence-electron chi connectivity index (χ1n) is 15.5. The number of hydrogen-bond donors (Lipinski definition) is 1. The fourth-order valence-corrected chi connectivity index (χ4v) is 7.78. The number of carbonyl (C=O) groups is 2. The number of nitrogens with zero attached hydrogens (tertiary/aromatic N) is 2. The zero-order valence-electron chi connectivity index (χ0n) is 26.2. The van der Waals surface area contributed by atoms with Crippen LogP contribution in [0, 0.1) is 6.92 Å². The predicted octanol–water partition coefficient (Wildman–Crippen LogP) is 8.50. The van der Waals surface area contributed by atoms with Gasteiger partial charge in [-0.1, -0.05) is 113 Å². The van der Waals surface area contributed by atoms with Crippen molar-refractivity contribution in [1.29, 1.82) is 0 Å². The molecule has 5 rings (SSSR count). The van der Waals surface area contributed by atoms with Crippen molar-refractivity contribution in [3.8, 4) is 0 Å². The number of carbonyl (C=O) groups excluding carboxylic acids is 2. The number of benzene rings is 4. The molecular weight excluding hydrogens is 712 g/mol. The second-order valence-corrected chi connectivity index (χ2v) is 15.4. The standard InChI is InChI=1S/C36H35Cl4N3O4S/c1-24-11-15-29(16-12-24)48(46,47)43(28-14-18-31(38)33(40)21-28)23-35(44)42(22-26-13-17-30(37)32(39)19-26)34(20-25-7-3-2-4-8-25)36(45)41-27-9-5-6-10-27/h2-4,7-8,11-19,21,27,34H,5-6,9-10,20,22-23H2,1H3,(H,41,45). The van der Waals surface area contributed by atoms with Crippen molar-refractivity contribution < 1.29 is 18.0 Å². The molecule has 0 aliphatic heterocycles. The minimum Gasteiger partial charge on any atom is -0.352 e. The van der Waals surface area contributed by atoms with Crippen LogP contribution in [0.1, 0.15) is 42.4 Å². The maximum Gasteiger partial charge on any atom is 0.264 e. The Morgan fingerprint density at radius 3 is 2.04 bits per heavy atom. The van der Waals surface area contributed by atoms with E-state index in [0.717, 1.165) is 41.1 Å². The van der Waals surface area contributed by atoms with E-state index in [4.69, 9.17) is 46.4 Å². The summed E-state index contributed by atoms with van der Waals surface area (Å²) >= 11 is 25.1. The lowest BCUT2D eigenvalue weighted by Crippen LogP contribution is -2.54. The Morgan fingerprint density at radius 2 is 1.42 bits per heavy atom. The number of amides is 2. The van der Waals surface area contributed by atoms with E-state index in [1.165, 1.54) is 35.2 Å². The summed E-state index contributed by atoms with van der Waals surface area (Å²) in [5.41, 5.74) is 2.47. The number of hydrogen-bond acceptors (Lipinski definition) is 4. The lowest BCUT2D eigenvalue weighted by atomic mass is 10.0. The Morgan fingerprint density at radius 1 is 0.792 bits per heavy atom. The van der Waals surface area contributed by atoms with E-state index in [1.807, 2.05) is 37.3 Å². The minimum atomic E-state index is -4.29. The molecule has 48 heavy (non-hydrogen) atoms. The van der Waals surface area contributed by atoms with Crippen molar-refractivity contribution >= 4 is 73.9 Å². The highest BCUT2D eigenvalue weighted by Crippen LogP contribution is 2.32. The number of sulfonamides is 1. The predicted molar refractivity (Wildman–Crippen MR) is 194 cm³/mol. The summed E-state index contributed by atoms with van der Waals surface area (Å²) < 4.78 is 29.5. The van der Waals surface area contributed by atoms with Gasteiger partial charge in [-0.3, -0.25) is 13.9 Å². The van der Waals surface area contributed by atoms with Crippen molar-refractivity contribution in [3.05, 3.63) is 128 Å². The van der Waals surface area contributed by atoms with Crippen LogP contribution < -0.4 is 9.62 Å². The molecule has 0 radical (unpaired) electrons. The Kier molecular flexibility index (Phi) is 12.0. The summed E-state index contributed by atoms with van der Waals surface area (Å²) in [6, 6.07) is 24.1. The van der Waals surface area contributed by atoms with Crippen molar-refractivity contribution in [2.45, 2.75) is 62.6 Å². The molecule has 1 aliphatic rings. The molecule has 4 aromatic rings. The molecule has 0 heterocycles. The number of halogens is 4. The maximum absolute atomic E-state index is 14.7. The van der Waals surface area contributed by atoms with Crippen molar-refractivity contribution in [1.82, 2.24) is 10.2 Å². The molecule has 1 N–H and O–H groups in total. The molecule has 0 aromatic heterocycles. The van der Waals surface area contributed by atoms with Gasteiger partial charge in [-0.2, -0.15) is 0 Å². The van der Waals surface area contributed by atoms with E-state index in [1.54, 1.807) is 30.3 Å². The molecular formula is C36H35Cl4N3O4S. The average Bonchev–Trinajstić information content (AvgIpc) is 3.58. The summed E-state index contributed by atoms with van der Waals surface area (Å²) in [5, 5.41) is 4.14. The average molecular weight is 748 g/mol. The summed E-state index contributed by atoms with van der Waals surface area (Å²) in [7, 11) is -4.29. The highest BCUT2D eigenvalue weighted by atomic mass is 35.5. The molecule has 1 fully saturated rings. The van der Waals surface area contributed by atoms with Crippen LogP contribution in [0.25, 0.3) is 0 Å². The van der Waals surface area contributed by atoms with Gasteiger partial charge in [-0.05, 0) is 73.4 Å². The fraction of sp³-hybridized carbons (Fsp3) is 0.278. The number of rotatable bonds is 12. The monoisotopic (exact) mass is 745 g/mol. The molecule has 0 spiro atoms. The van der Waals surface area contributed by atoms with Crippen LogP contribution in [0.5, 0.6) is 0 Å². The second-order valence-electron chi connectivity index (χ2n) is 11.9. The van der Waals surface area contributed by atoms with Crippen LogP contribution in [0.2, 0.25) is 20.1 Å². The van der Waals surface area contributed by atoms with Gasteiger partial charge in [0.2, 0.25) is 11.8 Å². The normalized spacial score (nSPS) is 14.0. The number of aryl methyl sites for hydroxylation is 1. The van der Waals surface area contributed by atoms with Gasteiger partial charge in [0.05, 0.1) is 30.7 Å².